The van der Waals surface area contributed by atoms with Crippen molar-refractivity contribution in [3.8, 4) is 0 Å². The van der Waals surface area contributed by atoms with Gasteiger partial charge >= 0.3 is 0 Å². The van der Waals surface area contributed by atoms with Crippen molar-refractivity contribution in [2.75, 3.05) is 13.1 Å². The lowest BCUT2D eigenvalue weighted by atomic mass is 9.96. The highest BCUT2D eigenvalue weighted by atomic mass is 16.5. The van der Waals surface area contributed by atoms with Gasteiger partial charge in [-0.05, 0) is 33.1 Å². The van der Waals surface area contributed by atoms with E-state index in [0.717, 1.165) is 54.5 Å². The number of hydrogen-bond acceptors (Lipinski definition) is 5. The van der Waals surface area contributed by atoms with E-state index in [1.807, 2.05) is 18.7 Å². The van der Waals surface area contributed by atoms with Gasteiger partial charge in [0.25, 0.3) is 0 Å². The lowest BCUT2D eigenvalue weighted by Crippen LogP contribution is -2.39. The monoisotopic (exact) mass is 331 g/mol. The molecule has 1 saturated heterocycles. The summed E-state index contributed by atoms with van der Waals surface area (Å²) in [6, 6.07) is 0. The third-order valence-electron chi connectivity index (χ3n) is 4.79. The van der Waals surface area contributed by atoms with E-state index < -0.39 is 0 Å². The van der Waals surface area contributed by atoms with Crippen LogP contribution in [-0.4, -0.2) is 44.2 Å². The van der Waals surface area contributed by atoms with Gasteiger partial charge in [0.1, 0.15) is 11.6 Å². The summed E-state index contributed by atoms with van der Waals surface area (Å²) in [5, 5.41) is 11.2. The van der Waals surface area contributed by atoms with Crippen LogP contribution in [0.4, 0.5) is 0 Å². The second-order valence-electron chi connectivity index (χ2n) is 6.48. The summed E-state index contributed by atoms with van der Waals surface area (Å²) in [7, 11) is 0. The fourth-order valence-electron chi connectivity index (χ4n) is 3.31. The predicted octanol–water partition coefficient (Wildman–Crippen LogP) is 2.31. The Morgan fingerprint density at radius 2 is 2.25 bits per heavy atom. The molecular formula is C17H25N5O2. The van der Waals surface area contributed by atoms with Gasteiger partial charge in [-0.25, -0.2) is 4.98 Å². The topological polar surface area (TPSA) is 87.9 Å². The van der Waals surface area contributed by atoms with Crippen LogP contribution in [0.5, 0.6) is 0 Å². The van der Waals surface area contributed by atoms with E-state index in [4.69, 9.17) is 4.52 Å². The van der Waals surface area contributed by atoms with E-state index in [9.17, 15) is 4.79 Å². The molecular weight excluding hydrogens is 306 g/mol. The number of piperidine rings is 1. The number of aromatic nitrogens is 4. The highest BCUT2D eigenvalue weighted by Crippen LogP contribution is 2.25. The lowest BCUT2D eigenvalue weighted by molar-refractivity contribution is -0.132. The molecule has 130 valence electrons. The summed E-state index contributed by atoms with van der Waals surface area (Å²) < 4.78 is 5.17. The minimum Gasteiger partial charge on any atom is -0.361 e. The molecule has 0 aromatic carbocycles. The maximum atomic E-state index is 12.6. The summed E-state index contributed by atoms with van der Waals surface area (Å²) >= 11 is 0. The molecule has 1 atom stereocenters. The van der Waals surface area contributed by atoms with Crippen LogP contribution in [0.1, 0.15) is 60.8 Å². The van der Waals surface area contributed by atoms with Crippen LogP contribution in [0, 0.1) is 13.8 Å². The molecule has 0 saturated carbocycles. The number of hydrogen-bond donors (Lipinski definition) is 1. The first-order valence-corrected chi connectivity index (χ1v) is 8.69. The van der Waals surface area contributed by atoms with E-state index in [1.54, 1.807) is 0 Å². The van der Waals surface area contributed by atoms with Gasteiger partial charge in [0.05, 0.1) is 5.69 Å². The van der Waals surface area contributed by atoms with Crippen molar-refractivity contribution in [3.05, 3.63) is 28.7 Å². The number of carbonyl (C=O) groups excluding carboxylic acids is 1. The number of nitrogens with one attached hydrogen (secondary N) is 1. The number of nitrogens with zero attached hydrogens (tertiary/aromatic N) is 4. The molecule has 0 bridgehead atoms. The number of aromatic amines is 1. The number of rotatable bonds is 5. The normalized spacial score (nSPS) is 18.1. The van der Waals surface area contributed by atoms with E-state index >= 15 is 0 Å². The molecule has 7 heteroatoms. The van der Waals surface area contributed by atoms with Gasteiger partial charge in [-0.3, -0.25) is 9.89 Å². The number of amides is 1. The Morgan fingerprint density at radius 3 is 2.92 bits per heavy atom. The van der Waals surface area contributed by atoms with E-state index in [0.29, 0.717) is 19.4 Å². The molecule has 7 nitrogen and oxygen atoms in total. The molecule has 2 aromatic rings. The van der Waals surface area contributed by atoms with Crippen molar-refractivity contribution in [2.24, 2.45) is 0 Å². The highest BCUT2D eigenvalue weighted by molar-refractivity contribution is 5.76. The van der Waals surface area contributed by atoms with Gasteiger partial charge in [-0.2, -0.15) is 5.10 Å². The first kappa shape index (κ1) is 16.7. The van der Waals surface area contributed by atoms with Crippen molar-refractivity contribution in [2.45, 2.75) is 58.8 Å². The maximum absolute atomic E-state index is 12.6. The molecule has 1 aliphatic rings. The Balaban J connectivity index is 1.58. The zero-order valence-electron chi connectivity index (χ0n) is 14.6. The van der Waals surface area contributed by atoms with Crippen LogP contribution in [0.2, 0.25) is 0 Å². The standard InChI is InChI=1S/C17H25N5O2/c1-4-15-18-17(20-19-15)13-6-5-9-22(10-13)16(23)8-7-14-11(2)21-24-12(14)3/h13H,4-10H2,1-3H3,(H,18,19,20). The van der Waals surface area contributed by atoms with Crippen LogP contribution in [0.15, 0.2) is 4.52 Å². The van der Waals surface area contributed by atoms with Gasteiger partial charge in [0, 0.05) is 37.4 Å². The number of carbonyl (C=O) groups is 1. The molecule has 0 aliphatic carbocycles. The Kier molecular flexibility index (Phi) is 4.97. The van der Waals surface area contributed by atoms with Gasteiger partial charge in [0.2, 0.25) is 5.91 Å². The molecule has 24 heavy (non-hydrogen) atoms. The van der Waals surface area contributed by atoms with Gasteiger partial charge < -0.3 is 9.42 Å². The minimum absolute atomic E-state index is 0.186. The summed E-state index contributed by atoms with van der Waals surface area (Å²) in [4.78, 5) is 19.1. The van der Waals surface area contributed by atoms with Crippen LogP contribution in [0.25, 0.3) is 0 Å². The summed E-state index contributed by atoms with van der Waals surface area (Å²) in [6.45, 7) is 7.40. The average Bonchev–Trinajstić information content (AvgIpc) is 3.20. The van der Waals surface area contributed by atoms with Crippen LogP contribution in [0.3, 0.4) is 0 Å². The quantitative estimate of drug-likeness (QED) is 0.908. The fraction of sp³-hybridized carbons (Fsp3) is 0.647. The summed E-state index contributed by atoms with van der Waals surface area (Å²) in [6.07, 6.45) is 4.05. The van der Waals surface area contributed by atoms with Crippen LogP contribution in [-0.2, 0) is 17.6 Å². The van der Waals surface area contributed by atoms with Crippen molar-refractivity contribution in [1.29, 1.82) is 0 Å². The van der Waals surface area contributed by atoms with Crippen molar-refractivity contribution < 1.29 is 9.32 Å². The van der Waals surface area contributed by atoms with Crippen molar-refractivity contribution >= 4 is 5.91 Å². The molecule has 1 aliphatic heterocycles. The Hall–Kier alpha value is -2.18. The van der Waals surface area contributed by atoms with Gasteiger partial charge in [0.15, 0.2) is 5.82 Å². The van der Waals surface area contributed by atoms with Crippen molar-refractivity contribution in [1.82, 2.24) is 25.2 Å². The Morgan fingerprint density at radius 1 is 1.42 bits per heavy atom. The predicted molar refractivity (Wildman–Crippen MR) is 88.6 cm³/mol. The second kappa shape index (κ2) is 7.15. The molecule has 1 amide bonds. The summed E-state index contributed by atoms with van der Waals surface area (Å²) in [5.41, 5.74) is 1.93. The number of H-pyrrole nitrogens is 1. The second-order valence-corrected chi connectivity index (χ2v) is 6.48. The Bertz CT molecular complexity index is 686. The van der Waals surface area contributed by atoms with Crippen LogP contribution >= 0.6 is 0 Å². The number of aryl methyl sites for hydroxylation is 3. The summed E-state index contributed by atoms with van der Waals surface area (Å²) in [5.74, 6) is 2.98. The average molecular weight is 331 g/mol. The van der Waals surface area contributed by atoms with E-state index in [1.165, 1.54) is 0 Å². The third-order valence-corrected chi connectivity index (χ3v) is 4.79. The molecule has 3 heterocycles. The Labute approximate surface area is 141 Å². The molecule has 1 unspecified atom stereocenters. The highest BCUT2D eigenvalue weighted by Gasteiger charge is 2.27. The molecule has 0 radical (unpaired) electrons. The van der Waals surface area contributed by atoms with E-state index in [-0.39, 0.29) is 11.8 Å². The van der Waals surface area contributed by atoms with Crippen LogP contribution < -0.4 is 0 Å². The zero-order valence-corrected chi connectivity index (χ0v) is 14.6. The SMILES string of the molecule is CCc1nc(C2CCCN(C(=O)CCc3c(C)noc3C)C2)n[nH]1. The third kappa shape index (κ3) is 3.49. The fourth-order valence-corrected chi connectivity index (χ4v) is 3.31. The lowest BCUT2D eigenvalue weighted by Gasteiger charge is -2.31. The van der Waals surface area contributed by atoms with E-state index in [2.05, 4.69) is 27.3 Å². The van der Waals surface area contributed by atoms with Crippen molar-refractivity contribution in [3.63, 3.8) is 0 Å². The maximum Gasteiger partial charge on any atom is 0.222 e. The minimum atomic E-state index is 0.186. The number of likely N-dealkylation sites (tertiary alicyclic amines) is 1. The molecule has 1 N–H and O–H groups in total. The first-order valence-electron chi connectivity index (χ1n) is 8.69. The molecule has 0 spiro atoms. The first-order chi connectivity index (χ1) is 11.6. The van der Waals surface area contributed by atoms with Gasteiger partial charge in [-0.15, -0.1) is 0 Å². The smallest absolute Gasteiger partial charge is 0.222 e. The molecule has 2 aromatic heterocycles. The van der Waals surface area contributed by atoms with Gasteiger partial charge in [-0.1, -0.05) is 12.1 Å². The zero-order chi connectivity index (χ0) is 17.1. The molecule has 1 fully saturated rings. The molecule has 3 rings (SSSR count). The largest absolute Gasteiger partial charge is 0.361 e.